The van der Waals surface area contributed by atoms with Gasteiger partial charge in [-0.25, -0.2) is 9.18 Å². The van der Waals surface area contributed by atoms with E-state index in [2.05, 4.69) is 15.4 Å². The Morgan fingerprint density at radius 3 is 2.30 bits per heavy atom. The number of carbonyl (C=O) groups is 5. The molecule has 77 heavy (non-hydrogen) atoms. The highest BCUT2D eigenvalue weighted by atomic mass is 19.1. The predicted octanol–water partition coefficient (Wildman–Crippen LogP) is 5.48. The highest BCUT2D eigenvalue weighted by Gasteiger charge is 2.51. The van der Waals surface area contributed by atoms with Crippen LogP contribution in [0.4, 0.5) is 10.1 Å². The average molecular weight is 1070 g/mol. The molecule has 5 heterocycles. The molecule has 412 valence electrons. The number of carboxylic acids is 1. The lowest BCUT2D eigenvalue weighted by Crippen LogP contribution is -2.47. The summed E-state index contributed by atoms with van der Waals surface area (Å²) >= 11 is 0. The van der Waals surface area contributed by atoms with E-state index >= 15 is 4.39 Å². The van der Waals surface area contributed by atoms with E-state index in [1.807, 2.05) is 4.90 Å². The van der Waals surface area contributed by atoms with E-state index in [1.54, 1.807) is 50.5 Å². The fourth-order valence-electron chi connectivity index (χ4n) is 10.7. The number of oxime groups is 1. The van der Waals surface area contributed by atoms with Gasteiger partial charge in [0.15, 0.2) is 11.5 Å². The van der Waals surface area contributed by atoms with Crippen molar-refractivity contribution >= 4 is 51.7 Å². The molecule has 1 saturated carbocycles. The first-order valence-corrected chi connectivity index (χ1v) is 25.7. The molecule has 3 aromatic rings. The summed E-state index contributed by atoms with van der Waals surface area (Å²) in [6.45, 7) is 14.6. The molecular weight excluding hydrogens is 1000 g/mol. The van der Waals surface area contributed by atoms with Gasteiger partial charge in [-0.3, -0.25) is 28.9 Å². The number of esters is 1. The average Bonchev–Trinajstić information content (AvgIpc) is 4.23. The van der Waals surface area contributed by atoms with Crippen molar-refractivity contribution in [2.75, 3.05) is 51.3 Å². The topological polar surface area (TPSA) is 265 Å². The minimum absolute atomic E-state index is 0.000940. The maximum Gasteiger partial charge on any atom is 0.341 e. The smallest absolute Gasteiger partial charge is 0.341 e. The maximum atomic E-state index is 15.8. The van der Waals surface area contributed by atoms with Crippen molar-refractivity contribution in [2.24, 2.45) is 28.8 Å². The highest BCUT2D eigenvalue weighted by Crippen LogP contribution is 2.48. The fraction of sp³-hybridized carbons (Fsp3) is 0.482. The molecule has 2 fully saturated rings. The molecule has 0 spiro atoms. The van der Waals surface area contributed by atoms with Crippen LogP contribution >= 0.6 is 0 Å². The van der Waals surface area contributed by atoms with Gasteiger partial charge in [0.1, 0.15) is 35.6 Å². The number of hydrogen-bond acceptors (Lipinski definition) is 17. The van der Waals surface area contributed by atoms with Crippen LogP contribution in [-0.4, -0.2) is 142 Å². The van der Waals surface area contributed by atoms with Gasteiger partial charge in [0.25, 0.3) is 11.7 Å². The molecule has 5 N–H and O–H groups in total. The predicted molar refractivity (Wildman–Crippen MR) is 279 cm³/mol. The summed E-state index contributed by atoms with van der Waals surface area (Å²) < 4.78 is 42.0. The van der Waals surface area contributed by atoms with E-state index < -0.39 is 117 Å². The van der Waals surface area contributed by atoms with Crippen molar-refractivity contribution in [3.8, 4) is 11.5 Å². The van der Waals surface area contributed by atoms with Crippen LogP contribution in [0.25, 0.3) is 10.9 Å². The lowest BCUT2D eigenvalue weighted by molar-refractivity contribution is -0.160. The van der Waals surface area contributed by atoms with Gasteiger partial charge in [-0.15, -0.1) is 0 Å². The molecule has 4 aliphatic heterocycles. The third kappa shape index (κ3) is 11.0. The number of phenolic OH excluding ortho intramolecular Hbond substituents is 1. The summed E-state index contributed by atoms with van der Waals surface area (Å²) in [6.07, 6.45) is 7.36. The fourth-order valence-corrected chi connectivity index (χ4v) is 10.7. The second kappa shape index (κ2) is 22.4. The third-order valence-electron chi connectivity index (χ3n) is 15.5. The number of aliphatic hydroxyl groups excluding tert-OH is 2. The van der Waals surface area contributed by atoms with Crippen LogP contribution in [0.15, 0.2) is 76.2 Å². The molecule has 9 rings (SSSR count). The number of halogens is 1. The molecule has 0 unspecified atom stereocenters. The molecule has 2 aromatic carbocycles. The number of nitrogens with zero attached hydrogens (tertiary/aromatic N) is 4. The Bertz CT molecular complexity index is 3110. The van der Waals surface area contributed by atoms with Gasteiger partial charge < -0.3 is 59.0 Å². The van der Waals surface area contributed by atoms with Crippen LogP contribution in [-0.2, 0) is 28.6 Å². The van der Waals surface area contributed by atoms with Gasteiger partial charge >= 0.3 is 11.9 Å². The SMILES string of the molecule is CO[C@H]1/C=C/O[C@@]2(C)Oc3c(C)c(O)c4c(c3/C2=N/OCCN2CCN(c3cc5c(cc3F)c(=O)c(C(=O)O)cn5C3CC3)CC2)C(=O)C=C(NC(=O)/C(C)=C\C=C\[C@@H](C)[C@H](O)[C@@H](C)[C@H](O)[C@@H](C)[C@H](OC(C)=O)[C@@H]1C)C4=O. The summed E-state index contributed by atoms with van der Waals surface area (Å²) in [5.74, 6) is -10.1. The van der Waals surface area contributed by atoms with E-state index in [1.165, 1.54) is 59.4 Å². The Morgan fingerprint density at radius 1 is 0.948 bits per heavy atom. The number of hydrogen-bond donors (Lipinski definition) is 5. The highest BCUT2D eigenvalue weighted by molar-refractivity contribution is 6.31. The van der Waals surface area contributed by atoms with Crippen LogP contribution in [0.3, 0.4) is 0 Å². The lowest BCUT2D eigenvalue weighted by Gasteiger charge is -2.38. The van der Waals surface area contributed by atoms with Crippen molar-refractivity contribution < 1.29 is 72.6 Å². The Hall–Kier alpha value is -7.20. The molecule has 6 aliphatic rings. The summed E-state index contributed by atoms with van der Waals surface area (Å²) in [7, 11) is 1.44. The first kappa shape index (κ1) is 56.0. The molecular formula is C56H66FN5O15. The minimum Gasteiger partial charge on any atom is -0.507 e. The number of methoxy groups -OCH3 is 1. The van der Waals surface area contributed by atoms with Crippen molar-refractivity contribution in [1.29, 1.82) is 0 Å². The van der Waals surface area contributed by atoms with Crippen LogP contribution in [0.1, 0.15) is 110 Å². The normalized spacial score (nSPS) is 29.5. The molecule has 1 saturated heterocycles. The van der Waals surface area contributed by atoms with Crippen LogP contribution < -0.4 is 20.4 Å². The minimum atomic E-state index is -1.91. The number of aromatic hydroxyl groups is 1. The number of carboxylic acid groups (broad SMARTS) is 1. The molecule has 5 bridgehead atoms. The quantitative estimate of drug-likeness (QED) is 0.101. The third-order valence-corrected chi connectivity index (χ3v) is 15.5. The summed E-state index contributed by atoms with van der Waals surface area (Å²) in [6, 6.07) is 2.75. The van der Waals surface area contributed by atoms with Crippen molar-refractivity contribution in [1.82, 2.24) is 14.8 Å². The van der Waals surface area contributed by atoms with Gasteiger partial charge in [-0.05, 0) is 44.9 Å². The Kier molecular flexibility index (Phi) is 16.3. The number of aromatic nitrogens is 1. The number of pyridine rings is 1. The molecule has 2 aliphatic carbocycles. The Balaban J connectivity index is 1.09. The van der Waals surface area contributed by atoms with Gasteiger partial charge in [0.05, 0.1) is 58.2 Å². The number of anilines is 1. The van der Waals surface area contributed by atoms with Crippen molar-refractivity contribution in [3.63, 3.8) is 0 Å². The van der Waals surface area contributed by atoms with Gasteiger partial charge in [-0.2, -0.15) is 0 Å². The van der Waals surface area contributed by atoms with E-state index in [-0.39, 0.29) is 57.4 Å². The number of aromatic carboxylic acids is 1. The molecule has 1 amide bonds. The van der Waals surface area contributed by atoms with E-state index in [0.29, 0.717) is 38.2 Å². The molecule has 21 heteroatoms. The number of fused-ring (bicyclic) bond motifs is 15. The van der Waals surface area contributed by atoms with Crippen LogP contribution in [0, 0.1) is 36.4 Å². The number of piperazine rings is 1. The van der Waals surface area contributed by atoms with Gasteiger partial charge in [0.2, 0.25) is 11.2 Å². The van der Waals surface area contributed by atoms with Crippen LogP contribution in [0.5, 0.6) is 11.5 Å². The number of allylic oxidation sites excluding steroid dienone is 4. The largest absolute Gasteiger partial charge is 0.507 e. The van der Waals surface area contributed by atoms with E-state index in [4.69, 9.17) is 23.8 Å². The van der Waals surface area contributed by atoms with E-state index in [0.717, 1.165) is 25.0 Å². The number of carbonyl (C=O) groups excluding carboxylic acids is 4. The van der Waals surface area contributed by atoms with Crippen molar-refractivity contribution in [3.05, 3.63) is 110 Å². The number of rotatable bonds is 9. The molecule has 0 radical (unpaired) electrons. The summed E-state index contributed by atoms with van der Waals surface area (Å²) in [5, 5.41) is 51.4. The van der Waals surface area contributed by atoms with Crippen molar-refractivity contribution in [2.45, 2.75) is 104 Å². The van der Waals surface area contributed by atoms with E-state index in [9.17, 15) is 49.2 Å². The second-order valence-corrected chi connectivity index (χ2v) is 20.8. The lowest BCUT2D eigenvalue weighted by atomic mass is 9.78. The number of phenols is 1. The van der Waals surface area contributed by atoms with Crippen LogP contribution in [0.2, 0.25) is 0 Å². The van der Waals surface area contributed by atoms with Gasteiger partial charge in [-0.1, -0.05) is 51.1 Å². The number of benzene rings is 2. The number of Topliss-reactive ketones (excluding diaryl/α,β-unsaturated/α-hetero) is 1. The Morgan fingerprint density at radius 2 is 1.65 bits per heavy atom. The number of ketones is 2. The Labute approximate surface area is 444 Å². The number of amides is 1. The number of aliphatic hydroxyl groups is 2. The summed E-state index contributed by atoms with van der Waals surface area (Å²) in [5.41, 5.74) is -1.38. The molecule has 9 atom stereocenters. The molecule has 20 nitrogen and oxygen atoms in total. The zero-order valence-electron chi connectivity index (χ0n) is 44.5. The van der Waals surface area contributed by atoms with Gasteiger partial charge in [0, 0.05) is 112 Å². The first-order valence-electron chi connectivity index (χ1n) is 25.7. The maximum absolute atomic E-state index is 15.8. The summed E-state index contributed by atoms with van der Waals surface area (Å²) in [4.78, 5) is 89.5. The zero-order chi connectivity index (χ0) is 55.9. The number of ether oxygens (including phenoxy) is 4. The zero-order valence-corrected chi connectivity index (χ0v) is 44.5. The number of nitrogens with one attached hydrogen (secondary N) is 1. The molecule has 1 aromatic heterocycles. The first-order chi connectivity index (χ1) is 36.5. The standard InChI is InChI=1S/C56H66FN5O15/c1-27-11-10-12-28(2)54(70)58-38-24-41(64)43-44(50(38)69)48(67)32(6)52-45(43)53(56(8,77-52)74-21-15-42(73-9)29(3)51(76-33(7)63)31(5)47(66)30(4)46(27)65)59-75-22-20-60-16-18-61(19-17-60)40-25-39-35(23-37(40)57)49(68)36(55(71)72)26-62(39)34-13-14-34/h10-12,15,21,23-27,29-31,34,42,46-47,51,65-67H,13-14,16-20,22H2,1-9H3,(H,58,70)(H,71,72)/b11-10+,21-15+,28-12-,59-53-/t27-,29-,30-,31-,42+,46+,47+,51-,56+/m1/s1. The monoisotopic (exact) mass is 1070 g/mol. The second-order valence-electron chi connectivity index (χ2n) is 20.8.